The first-order valence-corrected chi connectivity index (χ1v) is 10.3. The monoisotopic (exact) mass is 414 g/mol. The van der Waals surface area contributed by atoms with Crippen molar-refractivity contribution in [3.63, 3.8) is 0 Å². The third-order valence-corrected chi connectivity index (χ3v) is 4.98. The number of hydrogen-bond donors (Lipinski definition) is 0. The van der Waals surface area contributed by atoms with Gasteiger partial charge in [-0.15, -0.1) is 0 Å². The SMILES string of the molecule is COc1cccc(-c2cc(OC)ccc2C#Cc2ccccc2C#Cc2ccccc2)c1. The van der Waals surface area contributed by atoms with E-state index < -0.39 is 0 Å². The second-order valence-electron chi connectivity index (χ2n) is 7.06. The van der Waals surface area contributed by atoms with Crippen molar-refractivity contribution >= 4 is 0 Å². The van der Waals surface area contributed by atoms with Crippen LogP contribution in [0.2, 0.25) is 0 Å². The molecule has 0 fully saturated rings. The Morgan fingerprint density at radius 3 is 1.84 bits per heavy atom. The van der Waals surface area contributed by atoms with Crippen molar-refractivity contribution in [1.29, 1.82) is 0 Å². The van der Waals surface area contributed by atoms with Gasteiger partial charge in [0.05, 0.1) is 14.2 Å². The molecule has 0 atom stereocenters. The molecular weight excluding hydrogens is 392 g/mol. The summed E-state index contributed by atoms with van der Waals surface area (Å²) in [6, 6.07) is 31.8. The molecule has 154 valence electrons. The van der Waals surface area contributed by atoms with Gasteiger partial charge in [0.1, 0.15) is 11.5 Å². The molecule has 0 unspecified atom stereocenters. The third-order valence-electron chi connectivity index (χ3n) is 4.98. The van der Waals surface area contributed by atoms with Gasteiger partial charge in [0.2, 0.25) is 0 Å². The van der Waals surface area contributed by atoms with E-state index in [1.807, 2.05) is 97.1 Å². The smallest absolute Gasteiger partial charge is 0.119 e. The number of rotatable bonds is 3. The Bertz CT molecular complexity index is 1350. The molecule has 0 aliphatic carbocycles. The van der Waals surface area contributed by atoms with Gasteiger partial charge in [0, 0.05) is 27.8 Å². The van der Waals surface area contributed by atoms with E-state index in [1.54, 1.807) is 14.2 Å². The summed E-state index contributed by atoms with van der Waals surface area (Å²) in [5.74, 6) is 14.7. The standard InChI is InChI=1S/C30H22O2/c1-31-28-14-8-13-27(21-28)30-22-29(32-2)20-19-26(30)18-17-25-12-7-6-11-24(25)16-15-23-9-4-3-5-10-23/h3-14,19-22H,1-2H3. The summed E-state index contributed by atoms with van der Waals surface area (Å²) in [7, 11) is 3.33. The van der Waals surface area contributed by atoms with Gasteiger partial charge in [-0.25, -0.2) is 0 Å². The highest BCUT2D eigenvalue weighted by Gasteiger charge is 2.07. The quantitative estimate of drug-likeness (QED) is 0.373. The first-order valence-electron chi connectivity index (χ1n) is 10.3. The lowest BCUT2D eigenvalue weighted by molar-refractivity contribution is 0.414. The fourth-order valence-electron chi connectivity index (χ4n) is 3.29. The zero-order valence-electron chi connectivity index (χ0n) is 18.1. The van der Waals surface area contributed by atoms with Crippen molar-refractivity contribution in [1.82, 2.24) is 0 Å². The van der Waals surface area contributed by atoms with Crippen LogP contribution in [0.1, 0.15) is 22.3 Å². The Labute approximate surface area is 189 Å². The maximum atomic E-state index is 5.45. The summed E-state index contributed by atoms with van der Waals surface area (Å²) in [4.78, 5) is 0. The lowest BCUT2D eigenvalue weighted by Gasteiger charge is -2.09. The van der Waals surface area contributed by atoms with E-state index in [0.29, 0.717) is 0 Å². The van der Waals surface area contributed by atoms with Crippen molar-refractivity contribution in [3.05, 3.63) is 119 Å². The molecule has 2 heteroatoms. The van der Waals surface area contributed by atoms with E-state index in [-0.39, 0.29) is 0 Å². The molecule has 0 amide bonds. The van der Waals surface area contributed by atoms with Gasteiger partial charge in [0.25, 0.3) is 0 Å². The van der Waals surface area contributed by atoms with Crippen molar-refractivity contribution in [3.8, 4) is 46.3 Å². The van der Waals surface area contributed by atoms with Crippen LogP contribution in [0.3, 0.4) is 0 Å². The summed E-state index contributed by atoms with van der Waals surface area (Å²) in [6.45, 7) is 0. The van der Waals surface area contributed by atoms with Crippen molar-refractivity contribution in [2.75, 3.05) is 14.2 Å². The second-order valence-corrected chi connectivity index (χ2v) is 7.06. The maximum absolute atomic E-state index is 5.45. The van der Waals surface area contributed by atoms with Gasteiger partial charge in [-0.1, -0.05) is 66.1 Å². The van der Waals surface area contributed by atoms with E-state index in [9.17, 15) is 0 Å². The molecule has 0 saturated carbocycles. The predicted octanol–water partition coefficient (Wildman–Crippen LogP) is 6.17. The molecule has 0 heterocycles. The molecular formula is C30H22O2. The summed E-state index contributed by atoms with van der Waals surface area (Å²) in [5, 5.41) is 0. The summed E-state index contributed by atoms with van der Waals surface area (Å²) < 4.78 is 10.8. The summed E-state index contributed by atoms with van der Waals surface area (Å²) in [5.41, 5.74) is 5.69. The first-order chi connectivity index (χ1) is 15.8. The minimum Gasteiger partial charge on any atom is -0.497 e. The van der Waals surface area contributed by atoms with Crippen molar-refractivity contribution < 1.29 is 9.47 Å². The molecule has 0 saturated heterocycles. The zero-order chi connectivity index (χ0) is 22.2. The Balaban J connectivity index is 1.74. The highest BCUT2D eigenvalue weighted by atomic mass is 16.5. The lowest BCUT2D eigenvalue weighted by Crippen LogP contribution is -1.90. The van der Waals surface area contributed by atoms with Crippen LogP contribution in [0.4, 0.5) is 0 Å². The second kappa shape index (κ2) is 10.1. The lowest BCUT2D eigenvalue weighted by atomic mass is 9.98. The predicted molar refractivity (Wildman–Crippen MR) is 130 cm³/mol. The Morgan fingerprint density at radius 1 is 0.500 bits per heavy atom. The molecule has 4 aromatic rings. The first kappa shape index (κ1) is 20.9. The van der Waals surface area contributed by atoms with Crippen LogP contribution in [-0.2, 0) is 0 Å². The van der Waals surface area contributed by atoms with Crippen LogP contribution < -0.4 is 9.47 Å². The minimum absolute atomic E-state index is 0.780. The van der Waals surface area contributed by atoms with Crippen molar-refractivity contribution in [2.45, 2.75) is 0 Å². The van der Waals surface area contributed by atoms with Crippen LogP contribution >= 0.6 is 0 Å². The molecule has 0 spiro atoms. The maximum Gasteiger partial charge on any atom is 0.119 e. The number of hydrogen-bond acceptors (Lipinski definition) is 2. The van der Waals surface area contributed by atoms with Crippen LogP contribution in [0.5, 0.6) is 11.5 Å². The zero-order valence-corrected chi connectivity index (χ0v) is 18.1. The van der Waals surface area contributed by atoms with Gasteiger partial charge in [-0.3, -0.25) is 0 Å². The molecule has 4 aromatic carbocycles. The van der Waals surface area contributed by atoms with E-state index in [1.165, 1.54) is 0 Å². The normalized spacial score (nSPS) is 9.69. The number of benzene rings is 4. The van der Waals surface area contributed by atoms with E-state index >= 15 is 0 Å². The minimum atomic E-state index is 0.780. The van der Waals surface area contributed by atoms with E-state index in [4.69, 9.17) is 9.47 Å². The molecule has 0 aliphatic rings. The number of ether oxygens (including phenoxy) is 2. The van der Waals surface area contributed by atoms with Gasteiger partial charge < -0.3 is 9.47 Å². The fourth-order valence-corrected chi connectivity index (χ4v) is 3.29. The van der Waals surface area contributed by atoms with Gasteiger partial charge >= 0.3 is 0 Å². The molecule has 0 aromatic heterocycles. The van der Waals surface area contributed by atoms with Crippen LogP contribution in [0.25, 0.3) is 11.1 Å². The van der Waals surface area contributed by atoms with Crippen LogP contribution in [0.15, 0.2) is 97.1 Å². The summed E-state index contributed by atoms with van der Waals surface area (Å²) >= 11 is 0. The Kier molecular flexibility index (Phi) is 6.57. The average Bonchev–Trinajstić information content (AvgIpc) is 2.87. The Hall–Kier alpha value is -4.40. The molecule has 32 heavy (non-hydrogen) atoms. The Morgan fingerprint density at radius 2 is 1.12 bits per heavy atom. The largest absolute Gasteiger partial charge is 0.497 e. The number of methoxy groups -OCH3 is 2. The fraction of sp³-hybridized carbons (Fsp3) is 0.0667. The van der Waals surface area contributed by atoms with Crippen LogP contribution in [0, 0.1) is 23.7 Å². The van der Waals surface area contributed by atoms with Crippen LogP contribution in [-0.4, -0.2) is 14.2 Å². The topological polar surface area (TPSA) is 18.5 Å². The van der Waals surface area contributed by atoms with E-state index in [0.717, 1.165) is 44.9 Å². The molecule has 4 rings (SSSR count). The molecule has 2 nitrogen and oxygen atoms in total. The van der Waals surface area contributed by atoms with E-state index in [2.05, 4.69) is 23.7 Å². The van der Waals surface area contributed by atoms with Gasteiger partial charge in [-0.2, -0.15) is 0 Å². The third kappa shape index (κ3) is 5.01. The van der Waals surface area contributed by atoms with Gasteiger partial charge in [-0.05, 0) is 60.2 Å². The molecule has 0 radical (unpaired) electrons. The highest BCUT2D eigenvalue weighted by molar-refractivity contribution is 5.74. The van der Waals surface area contributed by atoms with Gasteiger partial charge in [0.15, 0.2) is 0 Å². The molecule has 0 N–H and O–H groups in total. The average molecular weight is 415 g/mol. The molecule has 0 aliphatic heterocycles. The van der Waals surface area contributed by atoms with Crippen molar-refractivity contribution in [2.24, 2.45) is 0 Å². The molecule has 0 bridgehead atoms. The highest BCUT2D eigenvalue weighted by Crippen LogP contribution is 2.30. The summed E-state index contributed by atoms with van der Waals surface area (Å²) in [6.07, 6.45) is 0.